The van der Waals surface area contributed by atoms with Crippen molar-refractivity contribution in [1.82, 2.24) is 15.5 Å². The number of nitrogens with one attached hydrogen (secondary N) is 2. The molecule has 0 unspecified atom stereocenters. The molecule has 0 aliphatic heterocycles. The fraction of sp³-hybridized carbons (Fsp3) is 0.286. The number of carbonyl (C=O) groups is 2. The van der Waals surface area contributed by atoms with Gasteiger partial charge in [-0.2, -0.15) is 5.26 Å². The lowest BCUT2D eigenvalue weighted by Gasteiger charge is -1.98. The summed E-state index contributed by atoms with van der Waals surface area (Å²) in [6, 6.07) is 1.50. The lowest BCUT2D eigenvalue weighted by Crippen LogP contribution is -2.35. The van der Waals surface area contributed by atoms with Crippen LogP contribution in [0, 0.1) is 18.3 Å². The highest BCUT2D eigenvalue weighted by atomic mass is 16.4. The highest BCUT2D eigenvalue weighted by Gasteiger charge is 2.15. The zero-order valence-electron chi connectivity index (χ0n) is 7.77. The van der Waals surface area contributed by atoms with Gasteiger partial charge < -0.3 is 9.73 Å². The first-order valence-corrected chi connectivity index (χ1v) is 3.89. The monoisotopic (exact) mass is 209 g/mol. The predicted molar refractivity (Wildman–Crippen MR) is 46.3 cm³/mol. The lowest BCUT2D eigenvalue weighted by molar-refractivity contribution is -0.136. The molecular weight excluding hydrogens is 202 g/mol. The molecule has 1 aromatic heterocycles. The van der Waals surface area contributed by atoms with E-state index in [9.17, 15) is 9.59 Å². The quantitative estimate of drug-likeness (QED) is 0.473. The van der Waals surface area contributed by atoms with Crippen LogP contribution in [0.5, 0.6) is 0 Å². The van der Waals surface area contributed by atoms with Crippen molar-refractivity contribution in [1.29, 1.82) is 5.26 Å². The Bertz CT molecular complexity index is 419. The fourth-order valence-corrected chi connectivity index (χ4v) is 0.701. The van der Waals surface area contributed by atoms with E-state index in [2.05, 4.69) is 20.8 Å². The summed E-state index contributed by atoms with van der Waals surface area (Å²) in [7, 11) is 0. The maximum atomic E-state index is 11.1. The average molecular weight is 209 g/mol. The van der Waals surface area contributed by atoms with Crippen molar-refractivity contribution in [3.05, 3.63) is 5.89 Å². The third-order valence-electron chi connectivity index (χ3n) is 1.28. The van der Waals surface area contributed by atoms with Gasteiger partial charge in [-0.05, 0) is 0 Å². The molecule has 0 spiro atoms. The number of anilines is 1. The number of rotatable bonds is 2. The average Bonchev–Trinajstić information content (AvgIpc) is 2.60. The topological polar surface area (TPSA) is 121 Å². The van der Waals surface area contributed by atoms with Gasteiger partial charge in [0.1, 0.15) is 6.54 Å². The molecule has 78 valence electrons. The Kier molecular flexibility index (Phi) is 3.34. The van der Waals surface area contributed by atoms with Gasteiger partial charge in [-0.25, -0.2) is 0 Å². The van der Waals surface area contributed by atoms with Gasteiger partial charge in [-0.3, -0.25) is 14.9 Å². The van der Waals surface area contributed by atoms with Gasteiger partial charge in [0.2, 0.25) is 5.89 Å². The maximum absolute atomic E-state index is 11.1. The largest absolute Gasteiger partial charge is 0.408 e. The third-order valence-corrected chi connectivity index (χ3v) is 1.28. The third kappa shape index (κ3) is 3.07. The van der Waals surface area contributed by atoms with E-state index in [1.54, 1.807) is 13.0 Å². The molecule has 2 amide bonds. The summed E-state index contributed by atoms with van der Waals surface area (Å²) < 4.78 is 4.81. The first kappa shape index (κ1) is 10.6. The molecule has 1 aromatic rings. The van der Waals surface area contributed by atoms with Gasteiger partial charge in [-0.1, -0.05) is 5.10 Å². The molecule has 8 nitrogen and oxygen atoms in total. The summed E-state index contributed by atoms with van der Waals surface area (Å²) in [5, 5.41) is 19.2. The number of hydrogen-bond acceptors (Lipinski definition) is 6. The van der Waals surface area contributed by atoms with Crippen molar-refractivity contribution in [3.63, 3.8) is 0 Å². The van der Waals surface area contributed by atoms with Crippen LogP contribution in [0.25, 0.3) is 0 Å². The number of nitriles is 1. The van der Waals surface area contributed by atoms with Crippen LogP contribution < -0.4 is 10.6 Å². The van der Waals surface area contributed by atoms with Crippen LogP contribution in [0.15, 0.2) is 4.42 Å². The normalized spacial score (nSPS) is 9.07. The first-order valence-electron chi connectivity index (χ1n) is 3.89. The van der Waals surface area contributed by atoms with Gasteiger partial charge in [0.05, 0.1) is 6.07 Å². The molecule has 0 aliphatic carbocycles. The molecule has 1 heterocycles. The van der Waals surface area contributed by atoms with Crippen LogP contribution in [0.1, 0.15) is 5.89 Å². The van der Waals surface area contributed by atoms with Crippen LogP contribution in [0.3, 0.4) is 0 Å². The number of amides is 2. The molecule has 0 bridgehead atoms. The minimum absolute atomic E-state index is 0.162. The molecule has 1 rings (SSSR count). The molecule has 8 heteroatoms. The molecule has 0 aliphatic rings. The van der Waals surface area contributed by atoms with Crippen LogP contribution in [0.2, 0.25) is 0 Å². The van der Waals surface area contributed by atoms with Crippen LogP contribution in [0.4, 0.5) is 6.01 Å². The number of aryl methyl sites for hydroxylation is 1. The van der Waals surface area contributed by atoms with Crippen molar-refractivity contribution in [2.75, 3.05) is 11.9 Å². The number of aromatic nitrogens is 2. The summed E-state index contributed by atoms with van der Waals surface area (Å²) in [5.41, 5.74) is 0. The summed E-state index contributed by atoms with van der Waals surface area (Å²) in [6.45, 7) is 1.30. The highest BCUT2D eigenvalue weighted by molar-refractivity contribution is 6.39. The standard InChI is InChI=1S/C7H7N5O3/c1-4-11-12-7(15-4)10-6(14)5(13)9-3-2-8/h3H2,1H3,(H,9,13)(H,10,12,14). The maximum Gasteiger partial charge on any atom is 0.322 e. The SMILES string of the molecule is Cc1nnc(NC(=O)C(=O)NCC#N)o1. The molecule has 0 saturated heterocycles. The highest BCUT2D eigenvalue weighted by Crippen LogP contribution is 2.02. The van der Waals surface area contributed by atoms with Gasteiger partial charge in [0.25, 0.3) is 0 Å². The number of nitrogens with zero attached hydrogens (tertiary/aromatic N) is 3. The van der Waals surface area contributed by atoms with E-state index < -0.39 is 11.8 Å². The minimum atomic E-state index is -0.964. The second-order valence-electron chi connectivity index (χ2n) is 2.42. The summed E-state index contributed by atoms with van der Waals surface area (Å²) in [5.74, 6) is -1.64. The second kappa shape index (κ2) is 4.71. The molecule has 0 saturated carbocycles. The minimum Gasteiger partial charge on any atom is -0.408 e. The zero-order valence-corrected chi connectivity index (χ0v) is 7.77. The van der Waals surface area contributed by atoms with Gasteiger partial charge in [-0.15, -0.1) is 5.10 Å². The fourth-order valence-electron chi connectivity index (χ4n) is 0.701. The van der Waals surface area contributed by atoms with E-state index in [0.717, 1.165) is 0 Å². The molecule has 15 heavy (non-hydrogen) atoms. The number of carbonyl (C=O) groups excluding carboxylic acids is 2. The molecular formula is C7H7N5O3. The van der Waals surface area contributed by atoms with Gasteiger partial charge in [0.15, 0.2) is 0 Å². The van der Waals surface area contributed by atoms with Gasteiger partial charge >= 0.3 is 17.8 Å². The molecule has 0 atom stereocenters. The lowest BCUT2D eigenvalue weighted by atomic mass is 10.5. The van der Waals surface area contributed by atoms with Gasteiger partial charge in [0, 0.05) is 6.92 Å². The van der Waals surface area contributed by atoms with Crippen molar-refractivity contribution >= 4 is 17.8 Å². The predicted octanol–water partition coefficient (Wildman–Crippen LogP) is -1.04. The molecule has 0 radical (unpaired) electrons. The number of hydrogen-bond donors (Lipinski definition) is 2. The van der Waals surface area contributed by atoms with E-state index in [1.165, 1.54) is 0 Å². The van der Waals surface area contributed by atoms with Crippen LogP contribution in [-0.2, 0) is 9.59 Å². The Morgan fingerprint density at radius 3 is 2.73 bits per heavy atom. The second-order valence-corrected chi connectivity index (χ2v) is 2.42. The Balaban J connectivity index is 2.49. The van der Waals surface area contributed by atoms with E-state index >= 15 is 0 Å². The van der Waals surface area contributed by atoms with Crippen molar-refractivity contribution < 1.29 is 14.0 Å². The molecule has 2 N–H and O–H groups in total. The van der Waals surface area contributed by atoms with Crippen molar-refractivity contribution in [2.45, 2.75) is 6.92 Å². The van der Waals surface area contributed by atoms with Crippen molar-refractivity contribution in [2.24, 2.45) is 0 Å². The Labute approximate surface area is 84.3 Å². The Hall–Kier alpha value is -2.43. The molecule has 0 aromatic carbocycles. The Morgan fingerprint density at radius 1 is 1.47 bits per heavy atom. The van der Waals surface area contributed by atoms with Crippen LogP contribution >= 0.6 is 0 Å². The smallest absolute Gasteiger partial charge is 0.322 e. The van der Waals surface area contributed by atoms with Crippen molar-refractivity contribution in [3.8, 4) is 6.07 Å². The Morgan fingerprint density at radius 2 is 2.20 bits per heavy atom. The summed E-state index contributed by atoms with van der Waals surface area (Å²) in [6.07, 6.45) is 0. The first-order chi connectivity index (χ1) is 7.13. The van der Waals surface area contributed by atoms with E-state index in [0.29, 0.717) is 0 Å². The van der Waals surface area contributed by atoms with E-state index in [-0.39, 0.29) is 18.5 Å². The van der Waals surface area contributed by atoms with E-state index in [1.807, 2.05) is 0 Å². The summed E-state index contributed by atoms with van der Waals surface area (Å²) in [4.78, 5) is 22.0. The van der Waals surface area contributed by atoms with E-state index in [4.69, 9.17) is 9.68 Å². The molecule has 0 fully saturated rings. The van der Waals surface area contributed by atoms with Crippen LogP contribution in [-0.4, -0.2) is 28.6 Å². The summed E-state index contributed by atoms with van der Waals surface area (Å²) >= 11 is 0. The zero-order chi connectivity index (χ0) is 11.3.